The molecule has 0 amide bonds. The fraction of sp³-hybridized carbons (Fsp3) is 0.429. The molecule has 0 fully saturated rings. The summed E-state index contributed by atoms with van der Waals surface area (Å²) in [6.07, 6.45) is 6.23. The van der Waals surface area contributed by atoms with Crippen molar-refractivity contribution in [3.63, 3.8) is 0 Å². The van der Waals surface area contributed by atoms with E-state index in [9.17, 15) is 5.11 Å². The summed E-state index contributed by atoms with van der Waals surface area (Å²) < 4.78 is 2.83. The zero-order valence-corrected chi connectivity index (χ0v) is 37.9. The summed E-state index contributed by atoms with van der Waals surface area (Å²) in [5.74, 6) is 0.947. The predicted molar refractivity (Wildman–Crippen MR) is 233 cm³/mol. The van der Waals surface area contributed by atoms with E-state index in [-0.39, 0.29) is 48.3 Å². The van der Waals surface area contributed by atoms with Gasteiger partial charge in [-0.1, -0.05) is 124 Å². The Morgan fingerprint density at radius 2 is 1.52 bits per heavy atom. The molecule has 54 heavy (non-hydrogen) atoms. The van der Waals surface area contributed by atoms with Crippen molar-refractivity contribution >= 4 is 58.8 Å². The molecule has 1 aliphatic carbocycles. The first-order valence-electron chi connectivity index (χ1n) is 19.5. The summed E-state index contributed by atoms with van der Waals surface area (Å²) in [6.45, 7) is 28.8. The zero-order chi connectivity index (χ0) is 38.6. The molecule has 0 atom stereocenters. The van der Waals surface area contributed by atoms with Gasteiger partial charge in [0, 0.05) is 69.8 Å². The standard InChI is InChI=1S/C37H36NS.C12H23NO.Ir/c1-35(2,3)30-19-24(18-22-10-8-9-11-25(22)30)33-27-21-28-26-12-13-29-32(37(6,7)16-15-36(29,4)5)34(26)39-31(28)20-23(27)14-17-38-33;1-8(2)11(13-10(5)6)7-12(14)9(3)4;/h8-14,17,19-21H,15-16H2,1-7H3;7-10,14H,1-6H3;/q-1;;/b;12-7-,13-11?;. The van der Waals surface area contributed by atoms with Crippen LogP contribution in [-0.2, 0) is 36.4 Å². The Bertz CT molecular complexity index is 2380. The number of fused-ring (bicyclic) bond motifs is 7. The largest absolute Gasteiger partial charge is 0.512 e. The van der Waals surface area contributed by atoms with Gasteiger partial charge in [0.25, 0.3) is 0 Å². The fourth-order valence-corrected chi connectivity index (χ4v) is 9.25. The van der Waals surface area contributed by atoms with Gasteiger partial charge >= 0.3 is 0 Å². The molecule has 5 heteroatoms. The SMILES string of the molecule is CC(C)(C)c1cc(-c2nccc3cc4sc5c6c(ccc5c4cc23)C(C)(C)CCC6(C)C)[c-]c2ccccc12.CC(C)N=C(/C=C(\O)C(C)C)C(C)C.[Ir]. The van der Waals surface area contributed by atoms with Gasteiger partial charge in [0.05, 0.1) is 5.76 Å². The van der Waals surface area contributed by atoms with Gasteiger partial charge < -0.3 is 5.11 Å². The van der Waals surface area contributed by atoms with E-state index in [1.807, 2.05) is 45.2 Å². The van der Waals surface area contributed by atoms with E-state index in [1.165, 1.54) is 60.3 Å². The van der Waals surface area contributed by atoms with Crippen molar-refractivity contribution in [1.82, 2.24) is 4.98 Å². The second kappa shape index (κ2) is 15.6. The van der Waals surface area contributed by atoms with Crippen molar-refractivity contribution in [2.45, 2.75) is 125 Å². The number of aliphatic imine (C=N–C) groups is 1. The molecule has 3 nitrogen and oxygen atoms in total. The minimum Gasteiger partial charge on any atom is -0.512 e. The second-order valence-corrected chi connectivity index (χ2v) is 19.4. The van der Waals surface area contributed by atoms with Crippen molar-refractivity contribution in [1.29, 1.82) is 0 Å². The van der Waals surface area contributed by atoms with Gasteiger partial charge in [0.1, 0.15) is 0 Å². The number of pyridine rings is 1. The van der Waals surface area contributed by atoms with Crippen LogP contribution in [0.25, 0.3) is 53.0 Å². The maximum Gasteiger partial charge on any atom is 0.0965 e. The first kappa shape index (κ1) is 41.8. The Morgan fingerprint density at radius 1 is 0.833 bits per heavy atom. The van der Waals surface area contributed by atoms with E-state index in [2.05, 4.69) is 134 Å². The predicted octanol–water partition coefficient (Wildman–Crippen LogP) is 14.5. The third kappa shape index (κ3) is 8.25. The number of aromatic nitrogens is 1. The molecule has 0 saturated carbocycles. The molecule has 0 saturated heterocycles. The Kier molecular flexibility index (Phi) is 12.1. The van der Waals surface area contributed by atoms with Gasteiger partial charge in [0.15, 0.2) is 0 Å². The Balaban J connectivity index is 0.000000321. The number of benzene rings is 4. The van der Waals surface area contributed by atoms with Crippen molar-refractivity contribution in [2.24, 2.45) is 16.8 Å². The monoisotopic (exact) mass is 916 g/mol. The van der Waals surface area contributed by atoms with E-state index in [0.717, 1.165) is 22.4 Å². The smallest absolute Gasteiger partial charge is 0.0965 e. The molecular formula is C49H59IrN2OS-. The van der Waals surface area contributed by atoms with Crippen LogP contribution in [0.4, 0.5) is 0 Å². The maximum atomic E-state index is 9.64. The van der Waals surface area contributed by atoms with Crippen molar-refractivity contribution < 1.29 is 25.2 Å². The van der Waals surface area contributed by atoms with Crippen LogP contribution in [0.3, 0.4) is 0 Å². The van der Waals surface area contributed by atoms with Gasteiger partial charge in [-0.3, -0.25) is 9.98 Å². The average Bonchev–Trinajstić information content (AvgIpc) is 3.45. The molecule has 4 aromatic carbocycles. The topological polar surface area (TPSA) is 45.5 Å². The van der Waals surface area contributed by atoms with Gasteiger partial charge in [-0.05, 0) is 89.0 Å². The summed E-state index contributed by atoms with van der Waals surface area (Å²) in [4.78, 5) is 9.44. The summed E-state index contributed by atoms with van der Waals surface area (Å²) in [6, 6.07) is 26.7. The fourth-order valence-electron chi connectivity index (χ4n) is 7.79. The molecule has 0 unspecified atom stereocenters. The first-order chi connectivity index (χ1) is 24.8. The molecule has 7 rings (SSSR count). The third-order valence-corrected chi connectivity index (χ3v) is 12.2. The molecule has 0 spiro atoms. The summed E-state index contributed by atoms with van der Waals surface area (Å²) in [7, 11) is 0. The number of aliphatic hydroxyl groups excluding tert-OH is 1. The van der Waals surface area contributed by atoms with E-state index < -0.39 is 0 Å². The Labute approximate surface area is 341 Å². The molecular weight excluding hydrogens is 857 g/mol. The maximum absolute atomic E-state index is 9.64. The molecule has 1 aliphatic rings. The number of nitrogens with zero attached hydrogens (tertiary/aromatic N) is 2. The van der Waals surface area contributed by atoms with E-state index in [4.69, 9.17) is 4.98 Å². The first-order valence-corrected chi connectivity index (χ1v) is 20.3. The van der Waals surface area contributed by atoms with Crippen LogP contribution in [0, 0.1) is 17.9 Å². The van der Waals surface area contributed by atoms with Crippen LogP contribution in [0.15, 0.2) is 83.7 Å². The van der Waals surface area contributed by atoms with Crippen LogP contribution >= 0.6 is 11.3 Å². The van der Waals surface area contributed by atoms with Crippen LogP contribution < -0.4 is 0 Å². The number of rotatable bonds is 5. The van der Waals surface area contributed by atoms with E-state index in [0.29, 0.717) is 11.7 Å². The summed E-state index contributed by atoms with van der Waals surface area (Å²) in [5.41, 5.74) is 7.92. The number of aliphatic hydroxyl groups is 1. The number of hydrogen-bond donors (Lipinski definition) is 1. The second-order valence-electron chi connectivity index (χ2n) is 18.4. The normalized spacial score (nSPS) is 15.9. The zero-order valence-electron chi connectivity index (χ0n) is 34.7. The molecule has 6 aromatic rings. The molecule has 0 aliphatic heterocycles. The molecule has 287 valence electrons. The molecule has 1 radical (unpaired) electrons. The quantitative estimate of drug-likeness (QED) is 0.106. The number of allylic oxidation sites excluding steroid dienone is 2. The molecule has 2 heterocycles. The van der Waals surface area contributed by atoms with E-state index in [1.54, 1.807) is 11.6 Å². The van der Waals surface area contributed by atoms with Gasteiger partial charge in [-0.15, -0.1) is 40.5 Å². The Morgan fingerprint density at radius 3 is 2.17 bits per heavy atom. The molecule has 0 bridgehead atoms. The third-order valence-electron chi connectivity index (χ3n) is 11.0. The minimum absolute atomic E-state index is 0. The van der Waals surface area contributed by atoms with Crippen LogP contribution in [-0.4, -0.2) is 21.8 Å². The summed E-state index contributed by atoms with van der Waals surface area (Å²) in [5, 5.41) is 17.2. The average molecular weight is 916 g/mol. The number of hydrogen-bond acceptors (Lipinski definition) is 4. The van der Waals surface area contributed by atoms with Gasteiger partial charge in [0.2, 0.25) is 0 Å². The van der Waals surface area contributed by atoms with Gasteiger partial charge in [-0.2, -0.15) is 0 Å². The molecule has 2 aromatic heterocycles. The van der Waals surface area contributed by atoms with Crippen LogP contribution in [0.1, 0.15) is 120 Å². The van der Waals surface area contributed by atoms with Crippen molar-refractivity contribution in [3.8, 4) is 11.3 Å². The molecule has 1 N–H and O–H groups in total. The Hall–Kier alpha value is -3.37. The van der Waals surface area contributed by atoms with Gasteiger partial charge in [-0.25, -0.2) is 0 Å². The van der Waals surface area contributed by atoms with E-state index >= 15 is 0 Å². The van der Waals surface area contributed by atoms with Crippen molar-refractivity contribution in [2.75, 3.05) is 0 Å². The van der Waals surface area contributed by atoms with Crippen LogP contribution in [0.5, 0.6) is 0 Å². The number of thiophene rings is 1. The van der Waals surface area contributed by atoms with Crippen molar-refractivity contribution in [3.05, 3.63) is 101 Å². The van der Waals surface area contributed by atoms with Crippen LogP contribution in [0.2, 0.25) is 0 Å². The summed E-state index contributed by atoms with van der Waals surface area (Å²) >= 11 is 1.98. The minimum atomic E-state index is 0.